The molecule has 1 saturated carbocycles. The molecule has 0 bridgehead atoms. The molecule has 1 fully saturated rings. The number of ether oxygens (including phenoxy) is 1. The molecule has 0 radical (unpaired) electrons. The van der Waals surface area contributed by atoms with Crippen LogP contribution in [0.2, 0.25) is 0 Å². The normalized spacial score (nSPS) is 22.6. The molecule has 1 rings (SSSR count). The number of nitrogens with one attached hydrogen (secondary N) is 1. The van der Waals surface area contributed by atoms with Crippen molar-refractivity contribution in [3.05, 3.63) is 0 Å². The molecular weight excluding hydrogens is 186 g/mol. The van der Waals surface area contributed by atoms with Gasteiger partial charge in [-0.25, -0.2) is 0 Å². The van der Waals surface area contributed by atoms with Gasteiger partial charge in [-0.1, -0.05) is 39.0 Å². The first-order valence-electron chi connectivity index (χ1n) is 6.51. The monoisotopic (exact) mass is 213 g/mol. The SMILES string of the molecule is CCCCC(NC)C1(OC)CCCCC1. The zero-order valence-electron chi connectivity index (χ0n) is 10.6. The van der Waals surface area contributed by atoms with E-state index in [0.717, 1.165) is 0 Å². The molecule has 0 heterocycles. The molecule has 1 unspecified atom stereocenters. The first-order chi connectivity index (χ1) is 7.29. The maximum Gasteiger partial charge on any atom is 0.0830 e. The van der Waals surface area contributed by atoms with Gasteiger partial charge in [-0.2, -0.15) is 0 Å². The molecule has 0 aromatic rings. The minimum Gasteiger partial charge on any atom is -0.377 e. The Balaban J connectivity index is 2.58. The summed E-state index contributed by atoms with van der Waals surface area (Å²) in [6.07, 6.45) is 10.3. The van der Waals surface area contributed by atoms with Crippen molar-refractivity contribution < 1.29 is 4.74 Å². The number of methoxy groups -OCH3 is 1. The van der Waals surface area contributed by atoms with Crippen molar-refractivity contribution in [3.8, 4) is 0 Å². The molecule has 0 aliphatic heterocycles. The Morgan fingerprint density at radius 1 is 1.27 bits per heavy atom. The lowest BCUT2D eigenvalue weighted by Crippen LogP contribution is -2.52. The molecule has 0 amide bonds. The van der Waals surface area contributed by atoms with Crippen molar-refractivity contribution in [1.82, 2.24) is 5.32 Å². The molecule has 2 heteroatoms. The summed E-state index contributed by atoms with van der Waals surface area (Å²) in [6, 6.07) is 0.544. The number of likely N-dealkylation sites (N-methyl/N-ethyl adjacent to an activating group) is 1. The maximum atomic E-state index is 5.87. The third-order valence-electron chi connectivity index (χ3n) is 3.94. The predicted octanol–water partition coefficient (Wildman–Crippen LogP) is 3.11. The van der Waals surface area contributed by atoms with E-state index in [1.807, 2.05) is 7.11 Å². The zero-order chi connectivity index (χ0) is 11.1. The highest BCUT2D eigenvalue weighted by Crippen LogP contribution is 2.35. The maximum absolute atomic E-state index is 5.87. The van der Waals surface area contributed by atoms with Gasteiger partial charge in [0.05, 0.1) is 5.60 Å². The predicted molar refractivity (Wildman–Crippen MR) is 65.2 cm³/mol. The van der Waals surface area contributed by atoms with E-state index in [0.29, 0.717) is 6.04 Å². The van der Waals surface area contributed by atoms with E-state index in [4.69, 9.17) is 4.74 Å². The van der Waals surface area contributed by atoms with Gasteiger partial charge < -0.3 is 10.1 Å². The van der Waals surface area contributed by atoms with Crippen LogP contribution < -0.4 is 5.32 Å². The van der Waals surface area contributed by atoms with E-state index >= 15 is 0 Å². The lowest BCUT2D eigenvalue weighted by molar-refractivity contribution is -0.0680. The highest BCUT2D eigenvalue weighted by Gasteiger charge is 2.38. The van der Waals surface area contributed by atoms with Crippen LogP contribution >= 0.6 is 0 Å². The van der Waals surface area contributed by atoms with E-state index in [2.05, 4.69) is 19.3 Å². The van der Waals surface area contributed by atoms with Crippen molar-refractivity contribution >= 4 is 0 Å². The van der Waals surface area contributed by atoms with E-state index in [1.165, 1.54) is 51.4 Å². The second kappa shape index (κ2) is 6.49. The summed E-state index contributed by atoms with van der Waals surface area (Å²) in [4.78, 5) is 0. The molecule has 1 aliphatic rings. The van der Waals surface area contributed by atoms with E-state index in [9.17, 15) is 0 Å². The van der Waals surface area contributed by atoms with E-state index in [1.54, 1.807) is 0 Å². The van der Waals surface area contributed by atoms with Gasteiger partial charge in [0.2, 0.25) is 0 Å². The van der Waals surface area contributed by atoms with Crippen LogP contribution in [0.5, 0.6) is 0 Å². The molecule has 1 aliphatic carbocycles. The molecule has 0 aromatic carbocycles. The average molecular weight is 213 g/mol. The van der Waals surface area contributed by atoms with Gasteiger partial charge in [0.1, 0.15) is 0 Å². The highest BCUT2D eigenvalue weighted by molar-refractivity contribution is 4.94. The summed E-state index contributed by atoms with van der Waals surface area (Å²) in [5.74, 6) is 0. The van der Waals surface area contributed by atoms with Gasteiger partial charge in [-0.3, -0.25) is 0 Å². The van der Waals surface area contributed by atoms with Crippen LogP contribution in [-0.4, -0.2) is 25.8 Å². The summed E-state index contributed by atoms with van der Waals surface area (Å²) in [5.41, 5.74) is 0.127. The number of hydrogen-bond acceptors (Lipinski definition) is 2. The number of rotatable bonds is 6. The highest BCUT2D eigenvalue weighted by atomic mass is 16.5. The van der Waals surface area contributed by atoms with Gasteiger partial charge in [0.25, 0.3) is 0 Å². The Morgan fingerprint density at radius 3 is 2.40 bits per heavy atom. The Morgan fingerprint density at radius 2 is 1.93 bits per heavy atom. The Labute approximate surface area is 94.8 Å². The molecule has 90 valence electrons. The lowest BCUT2D eigenvalue weighted by Gasteiger charge is -2.42. The Hall–Kier alpha value is -0.0800. The van der Waals surface area contributed by atoms with Crippen LogP contribution in [0.15, 0.2) is 0 Å². The smallest absolute Gasteiger partial charge is 0.0830 e. The molecule has 1 N–H and O–H groups in total. The molecule has 0 saturated heterocycles. The number of hydrogen-bond donors (Lipinski definition) is 1. The molecule has 1 atom stereocenters. The molecular formula is C13H27NO. The number of unbranched alkanes of at least 4 members (excludes halogenated alkanes) is 1. The summed E-state index contributed by atoms with van der Waals surface area (Å²) >= 11 is 0. The van der Waals surface area contributed by atoms with Crippen LogP contribution in [0.1, 0.15) is 58.3 Å². The topological polar surface area (TPSA) is 21.3 Å². The largest absolute Gasteiger partial charge is 0.377 e. The van der Waals surface area contributed by atoms with Crippen molar-refractivity contribution in [2.45, 2.75) is 69.9 Å². The Kier molecular flexibility index (Phi) is 5.62. The van der Waals surface area contributed by atoms with E-state index in [-0.39, 0.29) is 5.60 Å². The first kappa shape index (κ1) is 13.0. The van der Waals surface area contributed by atoms with Crippen molar-refractivity contribution in [3.63, 3.8) is 0 Å². The zero-order valence-corrected chi connectivity index (χ0v) is 10.6. The van der Waals surface area contributed by atoms with Gasteiger partial charge in [0, 0.05) is 13.2 Å². The quantitative estimate of drug-likeness (QED) is 0.732. The van der Waals surface area contributed by atoms with Crippen LogP contribution in [-0.2, 0) is 4.74 Å². The van der Waals surface area contributed by atoms with Gasteiger partial charge in [-0.15, -0.1) is 0 Å². The third-order valence-corrected chi connectivity index (χ3v) is 3.94. The summed E-state index contributed by atoms with van der Waals surface area (Å²) in [6.45, 7) is 2.26. The summed E-state index contributed by atoms with van der Waals surface area (Å²) < 4.78 is 5.87. The van der Waals surface area contributed by atoms with Crippen LogP contribution in [0.4, 0.5) is 0 Å². The molecule has 0 aromatic heterocycles. The van der Waals surface area contributed by atoms with Gasteiger partial charge in [-0.05, 0) is 26.3 Å². The summed E-state index contributed by atoms with van der Waals surface area (Å²) in [5, 5.41) is 3.47. The fourth-order valence-electron chi connectivity index (χ4n) is 2.92. The first-order valence-corrected chi connectivity index (χ1v) is 6.51. The molecule has 2 nitrogen and oxygen atoms in total. The minimum atomic E-state index is 0.127. The van der Waals surface area contributed by atoms with Crippen LogP contribution in [0, 0.1) is 0 Å². The van der Waals surface area contributed by atoms with Crippen molar-refractivity contribution in [2.24, 2.45) is 0 Å². The standard InChI is InChI=1S/C13H27NO/c1-4-5-9-12(14-2)13(15-3)10-7-6-8-11-13/h12,14H,4-11H2,1-3H3. The molecule has 15 heavy (non-hydrogen) atoms. The average Bonchev–Trinajstić information content (AvgIpc) is 2.31. The lowest BCUT2D eigenvalue weighted by atomic mass is 9.77. The summed E-state index contributed by atoms with van der Waals surface area (Å²) in [7, 11) is 3.97. The van der Waals surface area contributed by atoms with Gasteiger partial charge in [0.15, 0.2) is 0 Å². The minimum absolute atomic E-state index is 0.127. The van der Waals surface area contributed by atoms with Crippen LogP contribution in [0.3, 0.4) is 0 Å². The second-order valence-electron chi connectivity index (χ2n) is 4.81. The van der Waals surface area contributed by atoms with Crippen molar-refractivity contribution in [2.75, 3.05) is 14.2 Å². The fourth-order valence-corrected chi connectivity index (χ4v) is 2.92. The molecule has 0 spiro atoms. The van der Waals surface area contributed by atoms with Crippen molar-refractivity contribution in [1.29, 1.82) is 0 Å². The second-order valence-corrected chi connectivity index (χ2v) is 4.81. The van der Waals surface area contributed by atoms with Crippen LogP contribution in [0.25, 0.3) is 0 Å². The Bertz CT molecular complexity index is 164. The third kappa shape index (κ3) is 3.18. The van der Waals surface area contributed by atoms with E-state index < -0.39 is 0 Å². The fraction of sp³-hybridized carbons (Fsp3) is 1.00. The van der Waals surface area contributed by atoms with Gasteiger partial charge >= 0.3 is 0 Å².